The summed E-state index contributed by atoms with van der Waals surface area (Å²) in [6.45, 7) is 0. The first-order valence-corrected chi connectivity index (χ1v) is 5.99. The van der Waals surface area contributed by atoms with Gasteiger partial charge in [0.25, 0.3) is 5.91 Å². The molecule has 2 rings (SSSR count). The predicted molar refractivity (Wildman–Crippen MR) is 68.4 cm³/mol. The van der Waals surface area contributed by atoms with Crippen molar-refractivity contribution in [2.24, 2.45) is 0 Å². The molecule has 0 aliphatic heterocycles. The van der Waals surface area contributed by atoms with Crippen LogP contribution in [0.2, 0.25) is 0 Å². The van der Waals surface area contributed by atoms with E-state index < -0.39 is 28.9 Å². The molecule has 0 aliphatic rings. The number of benzene rings is 2. The average molecular weight is 330 g/mol. The third-order valence-electron chi connectivity index (χ3n) is 2.36. The number of halogens is 4. The molecular weight excluding hydrogens is 323 g/mol. The fraction of sp³-hybridized carbons (Fsp3) is 0. The highest BCUT2D eigenvalue weighted by Gasteiger charge is 2.19. The molecule has 2 aromatic carbocycles. The molecule has 0 bridgehead atoms. The Bertz CT molecular complexity index is 623. The van der Waals surface area contributed by atoms with E-state index in [4.69, 9.17) is 0 Å². The number of carbonyl (C=O) groups excluding carboxylic acids is 1. The van der Waals surface area contributed by atoms with Gasteiger partial charge in [-0.25, -0.2) is 13.2 Å². The van der Waals surface area contributed by atoms with Gasteiger partial charge in [0.05, 0.1) is 5.69 Å². The van der Waals surface area contributed by atoms with E-state index in [9.17, 15) is 18.0 Å². The molecule has 98 valence electrons. The Labute approximate surface area is 115 Å². The summed E-state index contributed by atoms with van der Waals surface area (Å²) >= 11 is 3.18. The fourth-order valence-electron chi connectivity index (χ4n) is 1.51. The highest BCUT2D eigenvalue weighted by atomic mass is 79.9. The minimum absolute atomic E-state index is 0.357. The SMILES string of the molecule is O=C(Nc1ccccc1Br)c1c(F)cc(F)cc1F. The molecule has 0 aromatic heterocycles. The molecule has 6 heteroatoms. The van der Waals surface area contributed by atoms with E-state index in [0.717, 1.165) is 0 Å². The van der Waals surface area contributed by atoms with Gasteiger partial charge < -0.3 is 5.32 Å². The van der Waals surface area contributed by atoms with Crippen LogP contribution in [-0.2, 0) is 0 Å². The van der Waals surface area contributed by atoms with Crippen molar-refractivity contribution in [3.8, 4) is 0 Å². The van der Waals surface area contributed by atoms with E-state index >= 15 is 0 Å². The molecular formula is C13H7BrF3NO. The fourth-order valence-corrected chi connectivity index (χ4v) is 1.89. The van der Waals surface area contributed by atoms with Crippen LogP contribution in [-0.4, -0.2) is 5.91 Å². The van der Waals surface area contributed by atoms with Gasteiger partial charge in [-0.05, 0) is 28.1 Å². The van der Waals surface area contributed by atoms with Crippen LogP contribution < -0.4 is 5.32 Å². The summed E-state index contributed by atoms with van der Waals surface area (Å²) in [4.78, 5) is 11.8. The zero-order valence-electron chi connectivity index (χ0n) is 9.38. The van der Waals surface area contributed by atoms with Gasteiger partial charge in [0.2, 0.25) is 0 Å². The molecule has 1 N–H and O–H groups in total. The number of carbonyl (C=O) groups is 1. The summed E-state index contributed by atoms with van der Waals surface area (Å²) in [5.74, 6) is -4.56. The topological polar surface area (TPSA) is 29.1 Å². The van der Waals surface area contributed by atoms with Crippen LogP contribution in [0.25, 0.3) is 0 Å². The highest BCUT2D eigenvalue weighted by molar-refractivity contribution is 9.10. The Hall–Kier alpha value is -1.82. The first-order valence-electron chi connectivity index (χ1n) is 5.19. The van der Waals surface area contributed by atoms with Gasteiger partial charge in [-0.1, -0.05) is 12.1 Å². The van der Waals surface area contributed by atoms with Crippen LogP contribution in [0, 0.1) is 17.5 Å². The van der Waals surface area contributed by atoms with Crippen molar-refractivity contribution >= 4 is 27.5 Å². The third kappa shape index (κ3) is 2.96. The monoisotopic (exact) mass is 329 g/mol. The quantitative estimate of drug-likeness (QED) is 0.882. The number of rotatable bonds is 2. The molecule has 2 nitrogen and oxygen atoms in total. The normalized spacial score (nSPS) is 10.3. The summed E-state index contributed by atoms with van der Waals surface area (Å²) in [5, 5.41) is 2.34. The maximum Gasteiger partial charge on any atom is 0.261 e. The van der Waals surface area contributed by atoms with Crippen LogP contribution in [0.15, 0.2) is 40.9 Å². The minimum atomic E-state index is -1.25. The van der Waals surface area contributed by atoms with Gasteiger partial charge in [-0.3, -0.25) is 4.79 Å². The number of anilines is 1. The van der Waals surface area contributed by atoms with Gasteiger partial charge in [0.1, 0.15) is 23.0 Å². The molecule has 0 atom stereocenters. The lowest BCUT2D eigenvalue weighted by Crippen LogP contribution is -2.16. The van der Waals surface area contributed by atoms with Crippen molar-refractivity contribution in [3.63, 3.8) is 0 Å². The maximum absolute atomic E-state index is 13.4. The van der Waals surface area contributed by atoms with Crippen LogP contribution in [0.3, 0.4) is 0 Å². The standard InChI is InChI=1S/C13H7BrF3NO/c14-8-3-1-2-4-11(8)18-13(19)12-9(16)5-7(15)6-10(12)17/h1-6H,(H,18,19). The Balaban J connectivity index is 2.34. The van der Waals surface area contributed by atoms with E-state index in [1.54, 1.807) is 24.3 Å². The molecule has 0 saturated heterocycles. The van der Waals surface area contributed by atoms with Crippen molar-refractivity contribution in [3.05, 3.63) is 63.9 Å². The Morgan fingerprint density at radius 3 is 2.21 bits per heavy atom. The van der Waals surface area contributed by atoms with Crippen molar-refractivity contribution in [1.29, 1.82) is 0 Å². The zero-order chi connectivity index (χ0) is 14.0. The Morgan fingerprint density at radius 2 is 1.63 bits per heavy atom. The molecule has 2 aromatic rings. The lowest BCUT2D eigenvalue weighted by molar-refractivity contribution is 0.101. The molecule has 0 fully saturated rings. The summed E-state index contributed by atoms with van der Waals surface area (Å²) in [7, 11) is 0. The number of nitrogens with one attached hydrogen (secondary N) is 1. The van der Waals surface area contributed by atoms with Crippen LogP contribution in [0.1, 0.15) is 10.4 Å². The van der Waals surface area contributed by atoms with Crippen molar-refractivity contribution in [1.82, 2.24) is 0 Å². The summed E-state index contributed by atoms with van der Waals surface area (Å²) in [6.07, 6.45) is 0. The third-order valence-corrected chi connectivity index (χ3v) is 3.05. The first-order chi connectivity index (χ1) is 8.99. The smallest absolute Gasteiger partial charge is 0.261 e. The summed E-state index contributed by atoms with van der Waals surface area (Å²) < 4.78 is 40.1. The number of hydrogen-bond donors (Lipinski definition) is 1. The van der Waals surface area contributed by atoms with E-state index in [1.807, 2.05) is 0 Å². The Morgan fingerprint density at radius 1 is 1.05 bits per heavy atom. The summed E-state index contributed by atoms with van der Waals surface area (Å²) in [6, 6.07) is 7.50. The summed E-state index contributed by atoms with van der Waals surface area (Å²) in [5.41, 5.74) is -0.465. The highest BCUT2D eigenvalue weighted by Crippen LogP contribution is 2.23. The molecule has 0 aliphatic carbocycles. The molecule has 0 unspecified atom stereocenters. The van der Waals surface area contributed by atoms with Crippen LogP contribution >= 0.6 is 15.9 Å². The van der Waals surface area contributed by atoms with E-state index in [0.29, 0.717) is 22.3 Å². The minimum Gasteiger partial charge on any atom is -0.321 e. The lowest BCUT2D eigenvalue weighted by atomic mass is 10.1. The second-order valence-electron chi connectivity index (χ2n) is 3.68. The molecule has 19 heavy (non-hydrogen) atoms. The Kier molecular flexibility index (Phi) is 3.90. The van der Waals surface area contributed by atoms with Crippen molar-refractivity contribution in [2.75, 3.05) is 5.32 Å². The second-order valence-corrected chi connectivity index (χ2v) is 4.53. The van der Waals surface area contributed by atoms with Gasteiger partial charge >= 0.3 is 0 Å². The van der Waals surface area contributed by atoms with Crippen LogP contribution in [0.4, 0.5) is 18.9 Å². The number of amides is 1. The molecule has 0 saturated carbocycles. The molecule has 0 spiro atoms. The number of hydrogen-bond acceptors (Lipinski definition) is 1. The van der Waals surface area contributed by atoms with Gasteiger partial charge in [0.15, 0.2) is 0 Å². The molecule has 0 heterocycles. The van der Waals surface area contributed by atoms with Gasteiger partial charge in [-0.15, -0.1) is 0 Å². The lowest BCUT2D eigenvalue weighted by Gasteiger charge is -2.08. The van der Waals surface area contributed by atoms with Crippen LogP contribution in [0.5, 0.6) is 0 Å². The van der Waals surface area contributed by atoms with E-state index in [-0.39, 0.29) is 0 Å². The van der Waals surface area contributed by atoms with E-state index in [1.165, 1.54) is 0 Å². The van der Waals surface area contributed by atoms with Crippen molar-refractivity contribution < 1.29 is 18.0 Å². The van der Waals surface area contributed by atoms with Gasteiger partial charge in [-0.2, -0.15) is 0 Å². The van der Waals surface area contributed by atoms with Crippen molar-refractivity contribution in [2.45, 2.75) is 0 Å². The van der Waals surface area contributed by atoms with E-state index in [2.05, 4.69) is 21.2 Å². The largest absolute Gasteiger partial charge is 0.321 e. The maximum atomic E-state index is 13.4. The number of para-hydroxylation sites is 1. The van der Waals surface area contributed by atoms with Gasteiger partial charge in [0, 0.05) is 16.6 Å². The predicted octanol–water partition coefficient (Wildman–Crippen LogP) is 4.12. The molecule has 1 amide bonds. The molecule has 0 radical (unpaired) electrons. The zero-order valence-corrected chi connectivity index (χ0v) is 11.0. The first kappa shape index (κ1) is 13.6. The second kappa shape index (κ2) is 5.44. The average Bonchev–Trinajstić information content (AvgIpc) is 2.30.